The summed E-state index contributed by atoms with van der Waals surface area (Å²) in [7, 11) is -3.56. The second-order valence-electron chi connectivity index (χ2n) is 5.64. The van der Waals surface area contributed by atoms with Gasteiger partial charge in [0.05, 0.1) is 17.4 Å². The highest BCUT2D eigenvalue weighted by Gasteiger charge is 2.29. The first-order chi connectivity index (χ1) is 9.36. The SMILES string of the molecule is Cc1nn(C2CCCC2)c(C)c1S(=O)(=O)N[C@@H](C)CN. The molecule has 0 bridgehead atoms. The van der Waals surface area contributed by atoms with Crippen LogP contribution in [0, 0.1) is 13.8 Å². The van der Waals surface area contributed by atoms with E-state index in [1.807, 2.05) is 11.6 Å². The van der Waals surface area contributed by atoms with Gasteiger partial charge in [-0.1, -0.05) is 12.8 Å². The standard InChI is InChI=1S/C13H24N4O2S/c1-9(8-14)16-20(18,19)13-10(2)15-17(11(13)3)12-6-4-5-7-12/h9,12,16H,4-8,14H2,1-3H3/t9-/m0/s1. The lowest BCUT2D eigenvalue weighted by Crippen LogP contribution is -2.38. The molecule has 0 saturated heterocycles. The minimum Gasteiger partial charge on any atom is -0.329 e. The molecule has 2 rings (SSSR count). The van der Waals surface area contributed by atoms with Gasteiger partial charge in [0.15, 0.2) is 0 Å². The fourth-order valence-corrected chi connectivity index (χ4v) is 4.57. The Morgan fingerprint density at radius 2 is 2.00 bits per heavy atom. The van der Waals surface area contributed by atoms with Gasteiger partial charge in [-0.05, 0) is 33.6 Å². The molecule has 0 unspecified atom stereocenters. The van der Waals surface area contributed by atoms with E-state index in [0.717, 1.165) is 18.5 Å². The van der Waals surface area contributed by atoms with Gasteiger partial charge in [0.2, 0.25) is 10.0 Å². The summed E-state index contributed by atoms with van der Waals surface area (Å²) in [6.45, 7) is 5.61. The number of hydrogen-bond acceptors (Lipinski definition) is 4. The summed E-state index contributed by atoms with van der Waals surface area (Å²) in [4.78, 5) is 0.310. The van der Waals surface area contributed by atoms with Crippen LogP contribution in [0.5, 0.6) is 0 Å². The molecule has 0 amide bonds. The molecule has 6 nitrogen and oxygen atoms in total. The minimum atomic E-state index is -3.56. The molecule has 7 heteroatoms. The number of sulfonamides is 1. The van der Waals surface area contributed by atoms with Crippen LogP contribution in [0.4, 0.5) is 0 Å². The van der Waals surface area contributed by atoms with Crippen molar-refractivity contribution in [3.63, 3.8) is 0 Å². The number of nitrogens with one attached hydrogen (secondary N) is 1. The van der Waals surface area contributed by atoms with E-state index in [9.17, 15) is 8.42 Å². The van der Waals surface area contributed by atoms with Gasteiger partial charge in [0.1, 0.15) is 4.90 Å². The van der Waals surface area contributed by atoms with Gasteiger partial charge in [-0.2, -0.15) is 5.10 Å². The summed E-state index contributed by atoms with van der Waals surface area (Å²) in [6.07, 6.45) is 4.53. The number of aryl methyl sites for hydroxylation is 1. The number of hydrogen-bond donors (Lipinski definition) is 2. The molecule has 1 heterocycles. The summed E-state index contributed by atoms with van der Waals surface area (Å²) in [6, 6.07) is 0.0539. The van der Waals surface area contributed by atoms with Crippen LogP contribution in [-0.2, 0) is 10.0 Å². The van der Waals surface area contributed by atoms with Gasteiger partial charge in [-0.25, -0.2) is 13.1 Å². The lowest BCUT2D eigenvalue weighted by atomic mass is 10.2. The van der Waals surface area contributed by atoms with Crippen molar-refractivity contribution in [1.29, 1.82) is 0 Å². The van der Waals surface area contributed by atoms with E-state index in [-0.39, 0.29) is 12.6 Å². The third-order valence-corrected chi connectivity index (χ3v) is 5.75. The molecule has 114 valence electrons. The third kappa shape index (κ3) is 2.89. The maximum absolute atomic E-state index is 12.5. The van der Waals surface area contributed by atoms with Crippen LogP contribution in [0.3, 0.4) is 0 Å². The summed E-state index contributed by atoms with van der Waals surface area (Å²) >= 11 is 0. The molecule has 1 fully saturated rings. The zero-order valence-electron chi connectivity index (χ0n) is 12.4. The maximum Gasteiger partial charge on any atom is 0.244 e. The predicted molar refractivity (Wildman–Crippen MR) is 78.0 cm³/mol. The number of rotatable bonds is 5. The number of aromatic nitrogens is 2. The lowest BCUT2D eigenvalue weighted by Gasteiger charge is -2.14. The Labute approximate surface area is 120 Å². The Bertz CT molecular complexity index is 573. The summed E-state index contributed by atoms with van der Waals surface area (Å²) in [5.74, 6) is 0. The topological polar surface area (TPSA) is 90.0 Å². The molecule has 0 aromatic carbocycles. The van der Waals surface area contributed by atoms with E-state index in [4.69, 9.17) is 5.73 Å². The molecule has 1 atom stereocenters. The van der Waals surface area contributed by atoms with Crippen molar-refractivity contribution in [3.8, 4) is 0 Å². The molecule has 20 heavy (non-hydrogen) atoms. The molecule has 1 saturated carbocycles. The van der Waals surface area contributed by atoms with E-state index >= 15 is 0 Å². The summed E-state index contributed by atoms with van der Waals surface area (Å²) in [5, 5.41) is 4.46. The Morgan fingerprint density at radius 3 is 2.55 bits per heavy atom. The molecule has 0 aliphatic heterocycles. The zero-order valence-corrected chi connectivity index (χ0v) is 13.2. The van der Waals surface area contributed by atoms with Gasteiger partial charge >= 0.3 is 0 Å². The van der Waals surface area contributed by atoms with Gasteiger partial charge in [0.25, 0.3) is 0 Å². The van der Waals surface area contributed by atoms with E-state index in [0.29, 0.717) is 16.6 Å². The largest absolute Gasteiger partial charge is 0.329 e. The highest BCUT2D eigenvalue weighted by Crippen LogP contribution is 2.32. The van der Waals surface area contributed by atoms with Crippen molar-refractivity contribution in [3.05, 3.63) is 11.4 Å². The van der Waals surface area contributed by atoms with Gasteiger partial charge in [0, 0.05) is 12.6 Å². The fraction of sp³-hybridized carbons (Fsp3) is 0.769. The van der Waals surface area contributed by atoms with Crippen molar-refractivity contribution in [2.45, 2.75) is 63.4 Å². The fourth-order valence-electron chi connectivity index (χ4n) is 2.91. The van der Waals surface area contributed by atoms with E-state index in [2.05, 4.69) is 9.82 Å². The Kier molecular flexibility index (Phi) is 4.51. The van der Waals surface area contributed by atoms with E-state index in [1.54, 1.807) is 13.8 Å². The van der Waals surface area contributed by atoms with Crippen molar-refractivity contribution in [2.24, 2.45) is 5.73 Å². The van der Waals surface area contributed by atoms with Crippen molar-refractivity contribution in [2.75, 3.05) is 6.54 Å². The summed E-state index contributed by atoms with van der Waals surface area (Å²) < 4.78 is 29.4. The van der Waals surface area contributed by atoms with Gasteiger partial charge < -0.3 is 5.73 Å². The third-order valence-electron chi connectivity index (χ3n) is 3.91. The molecule has 1 aliphatic carbocycles. The average molecular weight is 300 g/mol. The van der Waals surface area contributed by atoms with Crippen molar-refractivity contribution in [1.82, 2.24) is 14.5 Å². The Hall–Kier alpha value is -0.920. The van der Waals surface area contributed by atoms with Crippen LogP contribution in [0.1, 0.15) is 50.0 Å². The zero-order chi connectivity index (χ0) is 14.9. The van der Waals surface area contributed by atoms with Crippen LogP contribution in [0.15, 0.2) is 4.90 Å². The smallest absolute Gasteiger partial charge is 0.244 e. The Balaban J connectivity index is 2.37. The monoisotopic (exact) mass is 300 g/mol. The average Bonchev–Trinajstić information content (AvgIpc) is 2.96. The molecule has 3 N–H and O–H groups in total. The summed E-state index contributed by atoms with van der Waals surface area (Å²) in [5.41, 5.74) is 6.78. The Morgan fingerprint density at radius 1 is 1.40 bits per heavy atom. The molecule has 0 radical (unpaired) electrons. The molecule has 1 aromatic heterocycles. The first-order valence-corrected chi connectivity index (χ1v) is 8.63. The van der Waals surface area contributed by atoms with E-state index < -0.39 is 10.0 Å². The van der Waals surface area contributed by atoms with Crippen LogP contribution < -0.4 is 10.5 Å². The van der Waals surface area contributed by atoms with Crippen molar-refractivity contribution < 1.29 is 8.42 Å². The minimum absolute atomic E-state index is 0.272. The molecule has 1 aromatic rings. The maximum atomic E-state index is 12.5. The predicted octanol–water partition coefficient (Wildman–Crippen LogP) is 1.24. The first-order valence-electron chi connectivity index (χ1n) is 7.15. The molecular weight excluding hydrogens is 276 g/mol. The van der Waals surface area contributed by atoms with Crippen molar-refractivity contribution >= 4 is 10.0 Å². The molecule has 1 aliphatic rings. The number of nitrogens with zero attached hydrogens (tertiary/aromatic N) is 2. The normalized spacial score (nSPS) is 18.6. The van der Waals surface area contributed by atoms with Gasteiger partial charge in [-0.15, -0.1) is 0 Å². The van der Waals surface area contributed by atoms with Crippen LogP contribution in [0.2, 0.25) is 0 Å². The highest BCUT2D eigenvalue weighted by atomic mass is 32.2. The van der Waals surface area contributed by atoms with Crippen LogP contribution in [0.25, 0.3) is 0 Å². The second-order valence-corrected chi connectivity index (χ2v) is 7.29. The van der Waals surface area contributed by atoms with Gasteiger partial charge in [-0.3, -0.25) is 4.68 Å². The quantitative estimate of drug-likeness (QED) is 0.856. The molecular formula is C13H24N4O2S. The van der Waals surface area contributed by atoms with Crippen LogP contribution in [-0.4, -0.2) is 30.8 Å². The number of nitrogens with two attached hydrogens (primary N) is 1. The highest BCUT2D eigenvalue weighted by molar-refractivity contribution is 7.89. The van der Waals surface area contributed by atoms with E-state index in [1.165, 1.54) is 12.8 Å². The lowest BCUT2D eigenvalue weighted by molar-refractivity contribution is 0.453. The first kappa shape index (κ1) is 15.5. The molecule has 0 spiro atoms. The van der Waals surface area contributed by atoms with Crippen LogP contribution >= 0.6 is 0 Å². The second kappa shape index (κ2) is 5.83.